The van der Waals surface area contributed by atoms with Crippen molar-refractivity contribution in [3.8, 4) is 29.6 Å². The SMILES string of the molecule is C#Cc1c(F)ccc2cccc(-c3ncc4c(N(C)[C@@H]5CCN(C(=O)/C=C/CN6CC[C@@H](OC)C6)C5)nc(OC[C@@]56CCCN5C[C@H](F)C6)nc4c3F)c12. The number of fused-ring (bicyclic) bond motifs is 3. The van der Waals surface area contributed by atoms with Gasteiger partial charge in [0.15, 0.2) is 5.82 Å². The highest BCUT2D eigenvalue weighted by molar-refractivity contribution is 6.02. The second-order valence-electron chi connectivity index (χ2n) is 15.0. The number of rotatable bonds is 10. The van der Waals surface area contributed by atoms with E-state index in [1.54, 1.807) is 42.4 Å². The Morgan fingerprint density at radius 1 is 1.13 bits per heavy atom. The van der Waals surface area contributed by atoms with Crippen molar-refractivity contribution in [2.75, 3.05) is 71.5 Å². The van der Waals surface area contributed by atoms with Gasteiger partial charge in [-0.15, -0.1) is 6.42 Å². The minimum atomic E-state index is -0.941. The Balaban J connectivity index is 1.11. The second-order valence-corrected chi connectivity index (χ2v) is 15.0. The molecule has 13 heteroatoms. The Labute approximate surface area is 312 Å². The quantitative estimate of drug-likeness (QED) is 0.157. The van der Waals surface area contributed by atoms with Gasteiger partial charge in [0.25, 0.3) is 0 Å². The third kappa shape index (κ3) is 6.65. The molecule has 54 heavy (non-hydrogen) atoms. The Kier molecular flexibility index (Phi) is 9.93. The molecule has 4 saturated heterocycles. The van der Waals surface area contributed by atoms with E-state index in [-0.39, 0.29) is 47.4 Å². The number of amides is 1. The topological polar surface area (TPSA) is 87.2 Å². The average molecular weight is 740 g/mol. The molecule has 0 N–H and O–H groups in total. The van der Waals surface area contributed by atoms with Crippen LogP contribution in [-0.2, 0) is 9.53 Å². The highest BCUT2D eigenvalue weighted by Crippen LogP contribution is 2.41. The lowest BCUT2D eigenvalue weighted by atomic mass is 9.95. The van der Waals surface area contributed by atoms with E-state index in [0.29, 0.717) is 66.6 Å². The van der Waals surface area contributed by atoms with Crippen molar-refractivity contribution in [1.29, 1.82) is 0 Å². The molecule has 2 aromatic heterocycles. The molecule has 0 unspecified atom stereocenters. The molecule has 1 amide bonds. The van der Waals surface area contributed by atoms with Crippen LogP contribution in [0.25, 0.3) is 32.9 Å². The number of carbonyl (C=O) groups excluding carboxylic acids is 1. The summed E-state index contributed by atoms with van der Waals surface area (Å²) < 4.78 is 58.2. The third-order valence-electron chi connectivity index (χ3n) is 11.8. The number of hydrogen-bond acceptors (Lipinski definition) is 9. The van der Waals surface area contributed by atoms with Gasteiger partial charge in [0.05, 0.1) is 22.6 Å². The number of likely N-dealkylation sites (N-methyl/N-ethyl adjacent to an activating group) is 1. The minimum absolute atomic E-state index is 0.0191. The standard InChI is InChI=1S/C41H44F3N7O3/c1-4-30-33(43)12-11-26-8-5-9-31(35(26)30)37-36(44)38-32(21-45-37)39(47-40(46-38)54-25-41-15-7-17-51(41)22-27(42)20-41)48(2)28-13-19-50(23-28)34(52)10-6-16-49-18-14-29(24-49)53-3/h1,5-6,8-12,21,27-29H,7,13-20,22-25H2,2-3H3/b10-6+/t27-,28-,29-,41+/m1/s1. The lowest BCUT2D eigenvalue weighted by Crippen LogP contribution is -2.43. The largest absolute Gasteiger partial charge is 0.461 e. The second kappa shape index (κ2) is 14.8. The first-order chi connectivity index (χ1) is 26.2. The molecule has 4 atom stereocenters. The van der Waals surface area contributed by atoms with Crippen molar-refractivity contribution in [3.63, 3.8) is 0 Å². The van der Waals surface area contributed by atoms with Crippen LogP contribution in [0.5, 0.6) is 6.01 Å². The predicted octanol–water partition coefficient (Wildman–Crippen LogP) is 5.37. The molecule has 0 radical (unpaired) electrons. The number of ether oxygens (including phenoxy) is 2. The number of aromatic nitrogens is 3. The Bertz CT molecular complexity index is 2160. The zero-order valence-electron chi connectivity index (χ0n) is 30.6. The van der Waals surface area contributed by atoms with Gasteiger partial charge in [0, 0.05) is 89.1 Å². The summed E-state index contributed by atoms with van der Waals surface area (Å²) in [5, 5.41) is 1.37. The molecule has 6 heterocycles. The van der Waals surface area contributed by atoms with E-state index in [4.69, 9.17) is 20.9 Å². The van der Waals surface area contributed by atoms with Gasteiger partial charge in [0.1, 0.15) is 35.6 Å². The van der Waals surface area contributed by atoms with Crippen LogP contribution < -0.4 is 9.64 Å². The number of nitrogens with zero attached hydrogens (tertiary/aromatic N) is 7. The van der Waals surface area contributed by atoms with Gasteiger partial charge < -0.3 is 19.3 Å². The summed E-state index contributed by atoms with van der Waals surface area (Å²) in [6, 6.07) is 7.91. The fraction of sp³-hybridized carbons (Fsp3) is 0.463. The predicted molar refractivity (Wildman–Crippen MR) is 201 cm³/mol. The lowest BCUT2D eigenvalue weighted by Gasteiger charge is -2.31. The molecule has 0 spiro atoms. The number of hydrogen-bond donors (Lipinski definition) is 0. The maximum absolute atomic E-state index is 17.0. The molecule has 282 valence electrons. The van der Waals surface area contributed by atoms with Gasteiger partial charge in [-0.2, -0.15) is 9.97 Å². The zero-order chi connectivity index (χ0) is 37.6. The molecule has 2 aromatic carbocycles. The normalized spacial score (nSPS) is 24.6. The highest BCUT2D eigenvalue weighted by atomic mass is 19.1. The summed E-state index contributed by atoms with van der Waals surface area (Å²) in [6.07, 6.45) is 13.8. The summed E-state index contributed by atoms with van der Waals surface area (Å²) in [4.78, 5) is 35.3. The van der Waals surface area contributed by atoms with Crippen LogP contribution in [0.1, 0.15) is 37.7 Å². The molecule has 4 aromatic rings. The number of terminal acetylenes is 1. The number of anilines is 1. The van der Waals surface area contributed by atoms with Crippen LogP contribution in [0.15, 0.2) is 48.7 Å². The van der Waals surface area contributed by atoms with Crippen molar-refractivity contribution >= 4 is 33.4 Å². The third-order valence-corrected chi connectivity index (χ3v) is 11.8. The van der Waals surface area contributed by atoms with Crippen LogP contribution in [0, 0.1) is 24.0 Å². The summed E-state index contributed by atoms with van der Waals surface area (Å²) in [6.45, 7) is 4.78. The number of methoxy groups -OCH3 is 1. The van der Waals surface area contributed by atoms with E-state index in [2.05, 4.69) is 25.7 Å². The van der Waals surface area contributed by atoms with Crippen molar-refractivity contribution < 1.29 is 27.4 Å². The number of carbonyl (C=O) groups is 1. The first-order valence-corrected chi connectivity index (χ1v) is 18.7. The van der Waals surface area contributed by atoms with E-state index in [9.17, 15) is 13.6 Å². The summed E-state index contributed by atoms with van der Waals surface area (Å²) in [7, 11) is 3.59. The smallest absolute Gasteiger partial charge is 0.319 e. The summed E-state index contributed by atoms with van der Waals surface area (Å²) in [5.41, 5.74) is -0.182. The Morgan fingerprint density at radius 2 is 2.00 bits per heavy atom. The van der Waals surface area contributed by atoms with E-state index < -0.39 is 23.3 Å². The number of likely N-dealkylation sites (tertiary alicyclic amines) is 2. The molecule has 8 rings (SSSR count). The van der Waals surface area contributed by atoms with Gasteiger partial charge in [-0.3, -0.25) is 19.6 Å². The van der Waals surface area contributed by atoms with Crippen molar-refractivity contribution in [1.82, 2.24) is 29.7 Å². The fourth-order valence-electron chi connectivity index (χ4n) is 8.88. The fourth-order valence-corrected chi connectivity index (χ4v) is 8.88. The van der Waals surface area contributed by atoms with Gasteiger partial charge in [-0.25, -0.2) is 13.2 Å². The van der Waals surface area contributed by atoms with Crippen LogP contribution in [-0.4, -0.2) is 126 Å². The molecule has 10 nitrogen and oxygen atoms in total. The molecule has 4 fully saturated rings. The van der Waals surface area contributed by atoms with Gasteiger partial charge >= 0.3 is 6.01 Å². The summed E-state index contributed by atoms with van der Waals surface area (Å²) >= 11 is 0. The van der Waals surface area contributed by atoms with Gasteiger partial charge in [0.2, 0.25) is 5.91 Å². The lowest BCUT2D eigenvalue weighted by molar-refractivity contribution is -0.125. The number of halogens is 3. The zero-order valence-corrected chi connectivity index (χ0v) is 30.6. The molecular weight excluding hydrogens is 695 g/mol. The molecule has 0 bridgehead atoms. The van der Waals surface area contributed by atoms with E-state index in [1.165, 1.54) is 12.3 Å². The minimum Gasteiger partial charge on any atom is -0.461 e. The molecular formula is C41H44F3N7O3. The monoisotopic (exact) mass is 739 g/mol. The molecule has 0 aliphatic carbocycles. The molecule has 0 saturated carbocycles. The molecule has 4 aliphatic rings. The summed E-state index contributed by atoms with van der Waals surface area (Å²) in [5.74, 6) is 1.43. The van der Waals surface area contributed by atoms with Gasteiger partial charge in [-0.1, -0.05) is 36.3 Å². The van der Waals surface area contributed by atoms with Crippen molar-refractivity contribution in [2.45, 2.75) is 56.0 Å². The Morgan fingerprint density at radius 3 is 2.81 bits per heavy atom. The first kappa shape index (κ1) is 36.2. The van der Waals surface area contributed by atoms with Gasteiger partial charge in [-0.05, 0) is 43.7 Å². The maximum Gasteiger partial charge on any atom is 0.319 e. The van der Waals surface area contributed by atoms with Crippen LogP contribution >= 0.6 is 0 Å². The number of pyridine rings is 1. The van der Waals surface area contributed by atoms with Crippen molar-refractivity contribution in [2.24, 2.45) is 0 Å². The number of benzene rings is 2. The maximum atomic E-state index is 17.0. The van der Waals surface area contributed by atoms with E-state index in [1.807, 2.05) is 18.0 Å². The van der Waals surface area contributed by atoms with E-state index in [0.717, 1.165) is 38.9 Å². The molecule has 4 aliphatic heterocycles. The van der Waals surface area contributed by atoms with Crippen molar-refractivity contribution in [3.05, 3.63) is 65.9 Å². The van der Waals surface area contributed by atoms with Crippen LogP contribution in [0.4, 0.5) is 19.0 Å². The average Bonchev–Trinajstić information content (AvgIpc) is 3.98. The first-order valence-electron chi connectivity index (χ1n) is 18.7. The number of alkyl halides is 1. The Hall–Kier alpha value is -4.77. The highest BCUT2D eigenvalue weighted by Gasteiger charge is 2.49. The van der Waals surface area contributed by atoms with Crippen LogP contribution in [0.2, 0.25) is 0 Å². The van der Waals surface area contributed by atoms with E-state index >= 15 is 4.39 Å². The van der Waals surface area contributed by atoms with Crippen LogP contribution in [0.3, 0.4) is 0 Å².